The van der Waals surface area contributed by atoms with Gasteiger partial charge in [-0.15, -0.1) is 0 Å². The highest BCUT2D eigenvalue weighted by Gasteiger charge is 2.02. The molecule has 0 bridgehead atoms. The number of rotatable bonds is 30. The summed E-state index contributed by atoms with van der Waals surface area (Å²) in [5, 5.41) is 19.0. The summed E-state index contributed by atoms with van der Waals surface area (Å²) in [7, 11) is 0. The van der Waals surface area contributed by atoms with Crippen molar-refractivity contribution in [3.63, 3.8) is 0 Å². The second-order valence-corrected chi connectivity index (χ2v) is 12.2. The van der Waals surface area contributed by atoms with E-state index in [2.05, 4.69) is 27.7 Å². The molecule has 0 radical (unpaired) electrons. The van der Waals surface area contributed by atoms with Crippen molar-refractivity contribution in [1.82, 2.24) is 0 Å². The normalized spacial score (nSPS) is 12.8. The number of aliphatic hydroxyl groups excluding tert-OH is 2. The SMILES string of the molecule is CCCCCCCCCCCCCCC(O)CCC.CCCCCCCCCCCCCCCC(O)CC. The Labute approximate surface area is 242 Å². The first-order valence-corrected chi connectivity index (χ1v) is 18.0. The van der Waals surface area contributed by atoms with E-state index in [1.807, 2.05) is 0 Å². The third kappa shape index (κ3) is 38.1. The van der Waals surface area contributed by atoms with E-state index in [0.29, 0.717) is 0 Å². The highest BCUT2D eigenvalue weighted by atomic mass is 16.3. The molecule has 0 saturated carbocycles. The Morgan fingerprint density at radius 2 is 0.553 bits per heavy atom. The maximum Gasteiger partial charge on any atom is 0.0540 e. The van der Waals surface area contributed by atoms with E-state index in [1.54, 1.807) is 0 Å². The largest absolute Gasteiger partial charge is 0.393 e. The quantitative estimate of drug-likeness (QED) is 0.0889. The summed E-state index contributed by atoms with van der Waals surface area (Å²) >= 11 is 0. The minimum atomic E-state index is -0.0484. The van der Waals surface area contributed by atoms with Gasteiger partial charge in [0.15, 0.2) is 0 Å². The van der Waals surface area contributed by atoms with Gasteiger partial charge in [-0.25, -0.2) is 0 Å². The monoisotopic (exact) mass is 541 g/mol. The Bertz CT molecular complexity index is 384. The van der Waals surface area contributed by atoms with Crippen LogP contribution in [0.1, 0.15) is 220 Å². The minimum absolute atomic E-state index is 0.0341. The van der Waals surface area contributed by atoms with Crippen LogP contribution in [-0.4, -0.2) is 22.4 Å². The molecular formula is C36H76O2. The van der Waals surface area contributed by atoms with Gasteiger partial charge in [-0.3, -0.25) is 0 Å². The molecule has 0 aromatic heterocycles. The van der Waals surface area contributed by atoms with E-state index < -0.39 is 0 Å². The standard InChI is InChI=1S/2C18H38O/c1-3-5-6-7-8-9-10-11-12-13-14-15-16-17-18(19)4-2;1-3-5-6-7-8-9-10-11-12-13-14-15-17-18(19)16-4-2/h2*18-19H,3-17H2,1-2H3. The molecule has 0 rings (SSSR count). The Morgan fingerprint density at radius 3 is 0.816 bits per heavy atom. The number of hydrogen-bond acceptors (Lipinski definition) is 2. The van der Waals surface area contributed by atoms with Crippen LogP contribution in [0, 0.1) is 0 Å². The van der Waals surface area contributed by atoms with Crippen LogP contribution in [0.5, 0.6) is 0 Å². The van der Waals surface area contributed by atoms with Gasteiger partial charge in [0, 0.05) is 0 Å². The van der Waals surface area contributed by atoms with Crippen molar-refractivity contribution in [1.29, 1.82) is 0 Å². The predicted molar refractivity (Wildman–Crippen MR) is 173 cm³/mol. The van der Waals surface area contributed by atoms with Crippen molar-refractivity contribution in [2.75, 3.05) is 0 Å². The number of hydrogen-bond donors (Lipinski definition) is 2. The topological polar surface area (TPSA) is 40.5 Å². The molecule has 0 aliphatic heterocycles. The van der Waals surface area contributed by atoms with Gasteiger partial charge < -0.3 is 10.2 Å². The lowest BCUT2D eigenvalue weighted by Gasteiger charge is -2.08. The van der Waals surface area contributed by atoms with Crippen LogP contribution in [0.4, 0.5) is 0 Å². The van der Waals surface area contributed by atoms with Crippen molar-refractivity contribution in [3.05, 3.63) is 0 Å². The Balaban J connectivity index is 0. The molecule has 0 aromatic rings. The van der Waals surface area contributed by atoms with Gasteiger partial charge in [0.05, 0.1) is 12.2 Å². The van der Waals surface area contributed by atoms with Gasteiger partial charge in [0.25, 0.3) is 0 Å². The smallest absolute Gasteiger partial charge is 0.0540 e. The molecule has 0 aliphatic rings. The molecule has 2 N–H and O–H groups in total. The molecule has 0 aliphatic carbocycles. The molecule has 0 aromatic carbocycles. The summed E-state index contributed by atoms with van der Waals surface area (Å²) in [6, 6.07) is 0. The van der Waals surface area contributed by atoms with Crippen molar-refractivity contribution in [2.24, 2.45) is 0 Å². The molecule has 0 amide bonds. The van der Waals surface area contributed by atoms with Crippen LogP contribution >= 0.6 is 0 Å². The van der Waals surface area contributed by atoms with Crippen molar-refractivity contribution >= 4 is 0 Å². The van der Waals surface area contributed by atoms with Crippen LogP contribution in [0.15, 0.2) is 0 Å². The van der Waals surface area contributed by atoms with Crippen LogP contribution in [0.25, 0.3) is 0 Å². The zero-order valence-corrected chi connectivity index (χ0v) is 27.3. The molecule has 0 heterocycles. The predicted octanol–water partition coefficient (Wildman–Crippen LogP) is 12.5. The molecular weight excluding hydrogens is 464 g/mol. The first-order valence-electron chi connectivity index (χ1n) is 18.0. The van der Waals surface area contributed by atoms with Gasteiger partial charge in [-0.1, -0.05) is 195 Å². The van der Waals surface area contributed by atoms with E-state index in [0.717, 1.165) is 32.1 Å². The Morgan fingerprint density at radius 1 is 0.289 bits per heavy atom. The zero-order valence-electron chi connectivity index (χ0n) is 27.3. The zero-order chi connectivity index (χ0) is 28.4. The van der Waals surface area contributed by atoms with E-state index in [1.165, 1.54) is 161 Å². The Hall–Kier alpha value is -0.0800. The van der Waals surface area contributed by atoms with Crippen LogP contribution < -0.4 is 0 Å². The summed E-state index contributed by atoms with van der Waals surface area (Å²) < 4.78 is 0. The van der Waals surface area contributed by atoms with Crippen molar-refractivity contribution in [3.8, 4) is 0 Å². The van der Waals surface area contributed by atoms with E-state index in [-0.39, 0.29) is 12.2 Å². The number of unbranched alkanes of at least 4 members (excludes halogenated alkanes) is 23. The van der Waals surface area contributed by atoms with Gasteiger partial charge >= 0.3 is 0 Å². The molecule has 232 valence electrons. The van der Waals surface area contributed by atoms with Gasteiger partial charge in [0.2, 0.25) is 0 Å². The molecule has 2 heteroatoms. The summed E-state index contributed by atoms with van der Waals surface area (Å²) in [6.07, 6.45) is 39.9. The van der Waals surface area contributed by atoms with Crippen LogP contribution in [-0.2, 0) is 0 Å². The molecule has 2 atom stereocenters. The second kappa shape index (κ2) is 36.9. The number of aliphatic hydroxyl groups is 2. The van der Waals surface area contributed by atoms with Gasteiger partial charge in [0.1, 0.15) is 0 Å². The summed E-state index contributed by atoms with van der Waals surface area (Å²) in [5.41, 5.74) is 0. The lowest BCUT2D eigenvalue weighted by atomic mass is 10.0. The summed E-state index contributed by atoms with van der Waals surface area (Å²) in [5.74, 6) is 0. The van der Waals surface area contributed by atoms with Crippen molar-refractivity contribution in [2.45, 2.75) is 233 Å². The Kier molecular flexibility index (Phi) is 38.9. The van der Waals surface area contributed by atoms with E-state index in [9.17, 15) is 10.2 Å². The lowest BCUT2D eigenvalue weighted by Crippen LogP contribution is -2.04. The van der Waals surface area contributed by atoms with E-state index in [4.69, 9.17) is 0 Å². The van der Waals surface area contributed by atoms with E-state index >= 15 is 0 Å². The summed E-state index contributed by atoms with van der Waals surface area (Å²) in [4.78, 5) is 0. The molecule has 0 saturated heterocycles. The maximum absolute atomic E-state index is 9.61. The van der Waals surface area contributed by atoms with Gasteiger partial charge in [-0.2, -0.15) is 0 Å². The highest BCUT2D eigenvalue weighted by Crippen LogP contribution is 2.15. The fourth-order valence-corrected chi connectivity index (χ4v) is 5.30. The third-order valence-corrected chi connectivity index (χ3v) is 8.12. The molecule has 2 nitrogen and oxygen atoms in total. The molecule has 38 heavy (non-hydrogen) atoms. The minimum Gasteiger partial charge on any atom is -0.393 e. The molecule has 2 unspecified atom stereocenters. The first kappa shape index (κ1) is 40.1. The van der Waals surface area contributed by atoms with Crippen LogP contribution in [0.2, 0.25) is 0 Å². The first-order chi connectivity index (χ1) is 18.6. The average Bonchev–Trinajstić information content (AvgIpc) is 2.92. The molecule has 0 fully saturated rings. The fourth-order valence-electron chi connectivity index (χ4n) is 5.30. The fraction of sp³-hybridized carbons (Fsp3) is 1.00. The maximum atomic E-state index is 9.61. The summed E-state index contributed by atoms with van der Waals surface area (Å²) in [6.45, 7) is 8.77. The average molecular weight is 541 g/mol. The molecule has 0 spiro atoms. The van der Waals surface area contributed by atoms with Gasteiger partial charge in [-0.05, 0) is 25.7 Å². The highest BCUT2D eigenvalue weighted by molar-refractivity contribution is 4.56. The van der Waals surface area contributed by atoms with Crippen LogP contribution in [0.3, 0.4) is 0 Å². The van der Waals surface area contributed by atoms with Crippen molar-refractivity contribution < 1.29 is 10.2 Å². The second-order valence-electron chi connectivity index (χ2n) is 12.2. The third-order valence-electron chi connectivity index (χ3n) is 8.12. The lowest BCUT2D eigenvalue weighted by molar-refractivity contribution is 0.150.